The molecule has 168 valence electrons. The van der Waals surface area contributed by atoms with Gasteiger partial charge in [-0.05, 0) is 77.4 Å². The van der Waals surface area contributed by atoms with Gasteiger partial charge in [0.15, 0.2) is 23.0 Å². The third-order valence-corrected chi connectivity index (χ3v) is 5.59. The zero-order valence-electron chi connectivity index (χ0n) is 17.0. The average molecular weight is 440 g/mol. The number of benzene rings is 2. The number of aromatic hydroxyl groups is 4. The van der Waals surface area contributed by atoms with Crippen molar-refractivity contribution >= 4 is 24.0 Å². The van der Waals surface area contributed by atoms with E-state index in [2.05, 4.69) is 0 Å². The molecule has 0 saturated heterocycles. The Kier molecular flexibility index (Phi) is 6.40. The van der Waals surface area contributed by atoms with E-state index in [0.29, 0.717) is 35.1 Å². The second kappa shape index (κ2) is 9.03. The highest BCUT2D eigenvalue weighted by molar-refractivity contribution is 5.91. The Morgan fingerprint density at radius 3 is 1.69 bits per heavy atom. The average Bonchev–Trinajstić information content (AvgIpc) is 3.10. The van der Waals surface area contributed by atoms with Crippen LogP contribution in [0.4, 0.5) is 0 Å². The van der Waals surface area contributed by atoms with Crippen LogP contribution in [0.15, 0.2) is 36.4 Å². The molecule has 0 bridgehead atoms. The quantitative estimate of drug-likeness (QED) is 0.262. The van der Waals surface area contributed by atoms with Crippen molar-refractivity contribution in [1.29, 1.82) is 0 Å². The molecule has 2 aromatic carbocycles. The summed E-state index contributed by atoms with van der Waals surface area (Å²) in [6.45, 7) is 0. The van der Waals surface area contributed by atoms with Crippen molar-refractivity contribution in [3.05, 3.63) is 58.7 Å². The minimum absolute atomic E-state index is 0.368. The second-order valence-electron chi connectivity index (χ2n) is 7.69. The first-order valence-corrected chi connectivity index (χ1v) is 9.83. The van der Waals surface area contributed by atoms with E-state index in [1.165, 1.54) is 36.4 Å². The molecule has 9 nitrogen and oxygen atoms in total. The number of aliphatic hydroxyl groups excluding tert-OH is 1. The van der Waals surface area contributed by atoms with Crippen molar-refractivity contribution < 1.29 is 35.1 Å². The van der Waals surface area contributed by atoms with E-state index in [-0.39, 0.29) is 11.5 Å². The zero-order chi connectivity index (χ0) is 23.6. The predicted molar refractivity (Wildman–Crippen MR) is 117 cm³/mol. The van der Waals surface area contributed by atoms with Crippen molar-refractivity contribution in [3.8, 4) is 23.0 Å². The molecule has 1 fully saturated rings. The van der Waals surface area contributed by atoms with Gasteiger partial charge in [0.2, 0.25) is 11.8 Å². The number of rotatable bonds is 6. The highest BCUT2D eigenvalue weighted by atomic mass is 16.3. The van der Waals surface area contributed by atoms with Crippen LogP contribution in [0, 0.1) is 0 Å². The first-order chi connectivity index (χ1) is 15.1. The lowest BCUT2D eigenvalue weighted by atomic mass is 9.79. The SMILES string of the molecule is NC(=O)/C=C/c1cc(O)c(O)cc1[C@@H]1[C@H](O)CC[C@H]1c1cc(O)c(O)cc1/C=C/C(N)=O. The number of aliphatic hydroxyl groups is 1. The monoisotopic (exact) mass is 440 g/mol. The largest absolute Gasteiger partial charge is 0.504 e. The van der Waals surface area contributed by atoms with Gasteiger partial charge in [-0.2, -0.15) is 0 Å². The van der Waals surface area contributed by atoms with Crippen molar-refractivity contribution in [2.24, 2.45) is 11.5 Å². The summed E-state index contributed by atoms with van der Waals surface area (Å²) in [6, 6.07) is 5.20. The summed E-state index contributed by atoms with van der Waals surface area (Å²) in [6.07, 6.45) is 5.00. The van der Waals surface area contributed by atoms with Gasteiger partial charge in [0.25, 0.3) is 0 Å². The highest BCUT2D eigenvalue weighted by Crippen LogP contribution is 2.51. The van der Waals surface area contributed by atoms with Gasteiger partial charge in [0.05, 0.1) is 6.10 Å². The van der Waals surface area contributed by atoms with Crippen molar-refractivity contribution in [2.45, 2.75) is 30.8 Å². The standard InChI is InChI=1S/C23H24N2O7/c24-21(31)5-1-11-7-17(27)19(29)9-14(11)13-3-4-16(26)23(13)15-10-20(30)18(28)8-12(15)2-6-22(25)32/h1-2,5-10,13,16,23,26-30H,3-4H2,(H2,24,31)(H2,25,32)/b5-1+,6-2+/t13-,16+,23+/m0/s1. The fraction of sp³-hybridized carbons (Fsp3) is 0.217. The maximum absolute atomic E-state index is 11.2. The Labute approximate surface area is 183 Å². The van der Waals surface area contributed by atoms with Gasteiger partial charge in [0.1, 0.15) is 0 Å². The normalized spacial score (nSPS) is 20.8. The molecule has 1 aliphatic carbocycles. The van der Waals surface area contributed by atoms with Crippen molar-refractivity contribution in [2.75, 3.05) is 0 Å². The molecule has 9 heteroatoms. The predicted octanol–water partition coefficient (Wildman–Crippen LogP) is 1.53. The third kappa shape index (κ3) is 4.68. The number of carbonyl (C=O) groups excluding carboxylic acids is 2. The zero-order valence-corrected chi connectivity index (χ0v) is 17.0. The summed E-state index contributed by atoms with van der Waals surface area (Å²) in [7, 11) is 0. The Morgan fingerprint density at radius 2 is 1.19 bits per heavy atom. The molecule has 2 aromatic rings. The fourth-order valence-corrected chi connectivity index (χ4v) is 4.21. The molecule has 1 saturated carbocycles. The van der Waals surface area contributed by atoms with Gasteiger partial charge < -0.3 is 37.0 Å². The molecular weight excluding hydrogens is 416 g/mol. The molecule has 0 spiro atoms. The number of nitrogens with two attached hydrogens (primary N) is 2. The lowest BCUT2D eigenvalue weighted by molar-refractivity contribution is -0.114. The van der Waals surface area contributed by atoms with Crippen LogP contribution in [0.2, 0.25) is 0 Å². The molecule has 0 aliphatic heterocycles. The summed E-state index contributed by atoms with van der Waals surface area (Å²) < 4.78 is 0. The van der Waals surface area contributed by atoms with Crippen molar-refractivity contribution in [1.82, 2.24) is 0 Å². The van der Waals surface area contributed by atoms with Gasteiger partial charge >= 0.3 is 0 Å². The van der Waals surface area contributed by atoms with E-state index in [4.69, 9.17) is 11.5 Å². The van der Waals surface area contributed by atoms with E-state index < -0.39 is 41.3 Å². The van der Waals surface area contributed by atoms with E-state index in [1.54, 1.807) is 0 Å². The van der Waals surface area contributed by atoms with Gasteiger partial charge in [-0.1, -0.05) is 0 Å². The molecule has 32 heavy (non-hydrogen) atoms. The van der Waals surface area contributed by atoms with Crippen LogP contribution in [0.3, 0.4) is 0 Å². The second-order valence-corrected chi connectivity index (χ2v) is 7.69. The molecule has 0 heterocycles. The van der Waals surface area contributed by atoms with Gasteiger partial charge in [-0.15, -0.1) is 0 Å². The van der Waals surface area contributed by atoms with Gasteiger partial charge in [0, 0.05) is 18.1 Å². The van der Waals surface area contributed by atoms with Gasteiger partial charge in [-0.25, -0.2) is 0 Å². The number of phenols is 4. The summed E-state index contributed by atoms with van der Waals surface area (Å²) in [5, 5.41) is 50.9. The maximum atomic E-state index is 11.2. The number of hydrogen-bond donors (Lipinski definition) is 7. The van der Waals surface area contributed by atoms with Crippen LogP contribution in [-0.4, -0.2) is 43.5 Å². The smallest absolute Gasteiger partial charge is 0.241 e. The van der Waals surface area contributed by atoms with Crippen LogP contribution in [0.1, 0.15) is 46.9 Å². The van der Waals surface area contributed by atoms with Crippen LogP contribution in [0.25, 0.3) is 12.2 Å². The number of phenolic OH excluding ortho intramolecular Hbond substituents is 4. The van der Waals surface area contributed by atoms with E-state index in [9.17, 15) is 35.1 Å². The number of amides is 2. The molecule has 3 atom stereocenters. The first-order valence-electron chi connectivity index (χ1n) is 9.83. The summed E-state index contributed by atoms with van der Waals surface area (Å²) in [5.74, 6) is -4.01. The van der Waals surface area contributed by atoms with E-state index in [1.807, 2.05) is 0 Å². The van der Waals surface area contributed by atoms with E-state index >= 15 is 0 Å². The number of primary amides is 2. The van der Waals surface area contributed by atoms with Crippen LogP contribution in [0.5, 0.6) is 23.0 Å². The topological polar surface area (TPSA) is 187 Å². The number of hydrogen-bond acceptors (Lipinski definition) is 7. The molecule has 1 aliphatic rings. The molecular formula is C23H24N2O7. The van der Waals surface area contributed by atoms with Crippen molar-refractivity contribution in [3.63, 3.8) is 0 Å². The lowest BCUT2D eigenvalue weighted by Crippen LogP contribution is -2.18. The molecule has 3 rings (SSSR count). The minimum atomic E-state index is -0.853. The maximum Gasteiger partial charge on any atom is 0.241 e. The van der Waals surface area contributed by atoms with Crippen LogP contribution in [-0.2, 0) is 9.59 Å². The number of carbonyl (C=O) groups is 2. The molecule has 0 unspecified atom stereocenters. The highest BCUT2D eigenvalue weighted by Gasteiger charge is 2.39. The Hall–Kier alpha value is -3.98. The third-order valence-electron chi connectivity index (χ3n) is 5.59. The van der Waals surface area contributed by atoms with Crippen LogP contribution >= 0.6 is 0 Å². The Bertz CT molecular complexity index is 1120. The fourth-order valence-electron chi connectivity index (χ4n) is 4.21. The van der Waals surface area contributed by atoms with E-state index in [0.717, 1.165) is 12.2 Å². The molecule has 2 amide bonds. The summed E-state index contributed by atoms with van der Waals surface area (Å²) in [4.78, 5) is 22.4. The minimum Gasteiger partial charge on any atom is -0.504 e. The molecule has 0 radical (unpaired) electrons. The van der Waals surface area contributed by atoms with Gasteiger partial charge in [-0.3, -0.25) is 9.59 Å². The molecule has 0 aromatic heterocycles. The van der Waals surface area contributed by atoms with Crippen LogP contribution < -0.4 is 11.5 Å². The lowest BCUT2D eigenvalue weighted by Gasteiger charge is -2.26. The Balaban J connectivity index is 2.18. The summed E-state index contributed by atoms with van der Waals surface area (Å²) in [5.41, 5.74) is 12.1. The summed E-state index contributed by atoms with van der Waals surface area (Å²) >= 11 is 0. The first kappa shape index (κ1) is 22.7. The molecule has 9 N–H and O–H groups in total. The Morgan fingerprint density at radius 1 is 0.750 bits per heavy atom.